The Hall–Kier alpha value is -0.850. The van der Waals surface area contributed by atoms with Crippen LogP contribution in [0.15, 0.2) is 0 Å². The van der Waals surface area contributed by atoms with Crippen LogP contribution in [-0.2, 0) is 14.2 Å². The van der Waals surface area contributed by atoms with Gasteiger partial charge in [0, 0.05) is 19.8 Å². The predicted octanol–water partition coefficient (Wildman–Crippen LogP) is 2.08. The Morgan fingerprint density at radius 1 is 1.23 bits per heavy atom. The molecule has 0 bridgehead atoms. The molecule has 1 aliphatic heterocycles. The van der Waals surface area contributed by atoms with Gasteiger partial charge in [0.2, 0.25) is 0 Å². The summed E-state index contributed by atoms with van der Waals surface area (Å²) in [6.45, 7) is 10.4. The minimum Gasteiger partial charge on any atom is -0.444 e. The fourth-order valence-electron chi connectivity index (χ4n) is 2.13. The summed E-state index contributed by atoms with van der Waals surface area (Å²) >= 11 is 0. The molecular weight excluding hydrogens is 284 g/mol. The molecule has 0 aromatic carbocycles. The van der Waals surface area contributed by atoms with E-state index in [0.29, 0.717) is 12.6 Å². The molecule has 1 fully saturated rings. The van der Waals surface area contributed by atoms with E-state index >= 15 is 0 Å². The second-order valence-corrected chi connectivity index (χ2v) is 6.60. The number of carbonyl (C=O) groups is 1. The highest BCUT2D eigenvalue weighted by Gasteiger charge is 2.15. The highest BCUT2D eigenvalue weighted by atomic mass is 16.6. The van der Waals surface area contributed by atoms with E-state index in [1.54, 1.807) is 0 Å². The molecule has 0 aliphatic carbocycles. The van der Waals surface area contributed by atoms with Gasteiger partial charge in [-0.25, -0.2) is 4.79 Å². The van der Waals surface area contributed by atoms with Gasteiger partial charge in [-0.2, -0.15) is 0 Å². The standard InChI is InChI=1S/C16H32N2O4/c1-16(2,3)22-15(19)18-10-5-8-17-9-6-11-20-13-14-7-4-12-21-14/h14,17H,4-13H2,1-3H3,(H,18,19). The molecule has 0 saturated carbocycles. The summed E-state index contributed by atoms with van der Waals surface area (Å²) in [5.41, 5.74) is -0.439. The number of amides is 1. The highest BCUT2D eigenvalue weighted by Crippen LogP contribution is 2.11. The van der Waals surface area contributed by atoms with Crippen molar-refractivity contribution in [2.24, 2.45) is 0 Å². The van der Waals surface area contributed by atoms with Crippen LogP contribution in [0.4, 0.5) is 4.79 Å². The van der Waals surface area contributed by atoms with Crippen molar-refractivity contribution in [1.82, 2.24) is 10.6 Å². The summed E-state index contributed by atoms with van der Waals surface area (Å²) in [6.07, 6.45) is 4.12. The Morgan fingerprint density at radius 3 is 2.68 bits per heavy atom. The Labute approximate surface area is 134 Å². The molecule has 1 rings (SSSR count). The minimum absolute atomic E-state index is 0.312. The van der Waals surface area contributed by atoms with Gasteiger partial charge in [0.25, 0.3) is 0 Å². The summed E-state index contributed by atoms with van der Waals surface area (Å²) < 4.78 is 16.2. The number of hydrogen-bond acceptors (Lipinski definition) is 5. The average molecular weight is 316 g/mol. The maximum atomic E-state index is 11.4. The molecule has 1 unspecified atom stereocenters. The number of ether oxygens (including phenoxy) is 3. The van der Waals surface area contributed by atoms with Crippen LogP contribution in [0.5, 0.6) is 0 Å². The van der Waals surface area contributed by atoms with Gasteiger partial charge in [0.1, 0.15) is 5.60 Å². The lowest BCUT2D eigenvalue weighted by molar-refractivity contribution is 0.0166. The molecule has 0 spiro atoms. The van der Waals surface area contributed by atoms with Crippen molar-refractivity contribution in [3.05, 3.63) is 0 Å². The van der Waals surface area contributed by atoms with Crippen LogP contribution in [-0.4, -0.2) is 57.3 Å². The van der Waals surface area contributed by atoms with Gasteiger partial charge in [0.05, 0.1) is 12.7 Å². The maximum absolute atomic E-state index is 11.4. The third-order valence-corrected chi connectivity index (χ3v) is 3.17. The lowest BCUT2D eigenvalue weighted by Gasteiger charge is -2.19. The number of alkyl carbamates (subject to hydrolysis) is 1. The number of carbonyl (C=O) groups excluding carboxylic acids is 1. The van der Waals surface area contributed by atoms with Crippen molar-refractivity contribution in [1.29, 1.82) is 0 Å². The van der Waals surface area contributed by atoms with Gasteiger partial charge in [-0.15, -0.1) is 0 Å². The molecule has 2 N–H and O–H groups in total. The van der Waals surface area contributed by atoms with Gasteiger partial charge in [-0.3, -0.25) is 0 Å². The van der Waals surface area contributed by atoms with Crippen molar-refractivity contribution in [2.75, 3.05) is 39.5 Å². The molecule has 0 aromatic heterocycles. The van der Waals surface area contributed by atoms with E-state index in [0.717, 1.165) is 58.6 Å². The Bertz CT molecular complexity index is 299. The van der Waals surface area contributed by atoms with E-state index in [9.17, 15) is 4.79 Å². The van der Waals surface area contributed by atoms with Gasteiger partial charge in [-0.05, 0) is 59.5 Å². The van der Waals surface area contributed by atoms with E-state index in [4.69, 9.17) is 14.2 Å². The largest absolute Gasteiger partial charge is 0.444 e. The van der Waals surface area contributed by atoms with E-state index < -0.39 is 5.60 Å². The first-order chi connectivity index (χ1) is 10.5. The van der Waals surface area contributed by atoms with Crippen molar-refractivity contribution >= 4 is 6.09 Å². The van der Waals surface area contributed by atoms with Crippen LogP contribution in [0.2, 0.25) is 0 Å². The maximum Gasteiger partial charge on any atom is 0.407 e. The quantitative estimate of drug-likeness (QED) is 0.604. The monoisotopic (exact) mass is 316 g/mol. The molecule has 0 aromatic rings. The van der Waals surface area contributed by atoms with Gasteiger partial charge in [0.15, 0.2) is 0 Å². The van der Waals surface area contributed by atoms with Gasteiger partial charge < -0.3 is 24.8 Å². The Morgan fingerprint density at radius 2 is 2.00 bits per heavy atom. The molecule has 1 heterocycles. The van der Waals surface area contributed by atoms with E-state index in [2.05, 4.69) is 10.6 Å². The van der Waals surface area contributed by atoms with Crippen LogP contribution in [0.1, 0.15) is 46.5 Å². The van der Waals surface area contributed by atoms with Gasteiger partial charge >= 0.3 is 6.09 Å². The second-order valence-electron chi connectivity index (χ2n) is 6.60. The van der Waals surface area contributed by atoms with Crippen LogP contribution in [0.3, 0.4) is 0 Å². The minimum atomic E-state index is -0.439. The summed E-state index contributed by atoms with van der Waals surface area (Å²) in [7, 11) is 0. The van der Waals surface area contributed by atoms with Crippen LogP contribution in [0, 0.1) is 0 Å². The Kier molecular flexibility index (Phi) is 9.43. The lowest BCUT2D eigenvalue weighted by atomic mass is 10.2. The smallest absolute Gasteiger partial charge is 0.407 e. The molecule has 6 nitrogen and oxygen atoms in total. The zero-order valence-corrected chi connectivity index (χ0v) is 14.3. The summed E-state index contributed by atoms with van der Waals surface area (Å²) in [5, 5.41) is 6.07. The first kappa shape index (κ1) is 19.2. The number of hydrogen-bond donors (Lipinski definition) is 2. The van der Waals surface area contributed by atoms with Crippen molar-refractivity contribution < 1.29 is 19.0 Å². The first-order valence-electron chi connectivity index (χ1n) is 8.34. The third-order valence-electron chi connectivity index (χ3n) is 3.17. The average Bonchev–Trinajstić information content (AvgIpc) is 2.92. The molecule has 1 amide bonds. The summed E-state index contributed by atoms with van der Waals surface area (Å²) in [4.78, 5) is 11.4. The van der Waals surface area contributed by atoms with Crippen LogP contribution >= 0.6 is 0 Å². The fourth-order valence-corrected chi connectivity index (χ4v) is 2.13. The zero-order chi connectivity index (χ0) is 16.3. The van der Waals surface area contributed by atoms with Crippen LogP contribution in [0.25, 0.3) is 0 Å². The van der Waals surface area contributed by atoms with Crippen LogP contribution < -0.4 is 10.6 Å². The molecule has 1 atom stereocenters. The second kappa shape index (κ2) is 10.8. The molecule has 1 saturated heterocycles. The Balaban J connectivity index is 1.78. The van der Waals surface area contributed by atoms with Crippen molar-refractivity contribution in [2.45, 2.75) is 58.2 Å². The van der Waals surface area contributed by atoms with E-state index in [-0.39, 0.29) is 6.09 Å². The lowest BCUT2D eigenvalue weighted by Crippen LogP contribution is -2.34. The molecular formula is C16H32N2O4. The molecule has 22 heavy (non-hydrogen) atoms. The predicted molar refractivity (Wildman–Crippen MR) is 86.1 cm³/mol. The summed E-state index contributed by atoms with van der Waals surface area (Å²) in [5.74, 6) is 0. The third kappa shape index (κ3) is 10.8. The van der Waals surface area contributed by atoms with E-state index in [1.807, 2.05) is 20.8 Å². The van der Waals surface area contributed by atoms with Crippen molar-refractivity contribution in [3.63, 3.8) is 0 Å². The van der Waals surface area contributed by atoms with Crippen molar-refractivity contribution in [3.8, 4) is 0 Å². The highest BCUT2D eigenvalue weighted by molar-refractivity contribution is 5.67. The van der Waals surface area contributed by atoms with E-state index in [1.165, 1.54) is 0 Å². The number of rotatable bonds is 10. The van der Waals surface area contributed by atoms with Gasteiger partial charge in [-0.1, -0.05) is 0 Å². The summed E-state index contributed by atoms with van der Waals surface area (Å²) in [6, 6.07) is 0. The fraction of sp³-hybridized carbons (Fsp3) is 0.938. The molecule has 1 aliphatic rings. The number of nitrogens with one attached hydrogen (secondary N) is 2. The molecule has 0 radical (unpaired) electrons. The SMILES string of the molecule is CC(C)(C)OC(=O)NCCCNCCCOCC1CCCO1. The molecule has 130 valence electrons. The normalized spacial score (nSPS) is 18.4. The molecule has 6 heteroatoms. The topological polar surface area (TPSA) is 68.8 Å². The first-order valence-corrected chi connectivity index (χ1v) is 8.34. The zero-order valence-electron chi connectivity index (χ0n) is 14.3.